The number of likely N-dealkylation sites (N-methyl/N-ethyl adjacent to an activating group) is 1. The van der Waals surface area contributed by atoms with E-state index in [-0.39, 0.29) is 12.5 Å². The van der Waals surface area contributed by atoms with E-state index in [1.165, 1.54) is 0 Å². The summed E-state index contributed by atoms with van der Waals surface area (Å²) in [6.45, 7) is 2.95. The van der Waals surface area contributed by atoms with Gasteiger partial charge in [-0.25, -0.2) is 0 Å². The van der Waals surface area contributed by atoms with Gasteiger partial charge in [-0.1, -0.05) is 24.3 Å². The topological polar surface area (TPSA) is 60.8 Å². The molecule has 4 nitrogen and oxygen atoms in total. The molecule has 1 unspecified atom stereocenters. The number of aliphatic carboxylic acids is 1. The van der Waals surface area contributed by atoms with Gasteiger partial charge in [-0.15, -0.1) is 0 Å². The summed E-state index contributed by atoms with van der Waals surface area (Å²) in [6.07, 6.45) is -0.342. The number of carboxylic acids is 1. The van der Waals surface area contributed by atoms with Crippen LogP contribution in [0.3, 0.4) is 0 Å². The molecule has 0 aromatic heterocycles. The third-order valence-corrected chi connectivity index (χ3v) is 2.48. The molecule has 0 bridgehead atoms. The Morgan fingerprint density at radius 2 is 1.94 bits per heavy atom. The fraction of sp³-hybridized carbons (Fsp3) is 0.462. The molecular weight excluding hydrogens is 218 g/mol. The van der Waals surface area contributed by atoms with Crippen molar-refractivity contribution in [1.29, 1.82) is 0 Å². The Bertz CT molecular complexity index is 377. The zero-order valence-electron chi connectivity index (χ0n) is 10.3. The maximum atomic E-state index is 10.7. The molecule has 1 aromatic carbocycles. The number of aliphatic hydroxyl groups excluding tert-OH is 1. The quantitative estimate of drug-likeness (QED) is 0.778. The van der Waals surface area contributed by atoms with Gasteiger partial charge in [-0.3, -0.25) is 9.69 Å². The van der Waals surface area contributed by atoms with Crippen molar-refractivity contribution in [2.24, 2.45) is 0 Å². The third-order valence-electron chi connectivity index (χ3n) is 2.48. The van der Waals surface area contributed by atoms with Crippen LogP contribution in [0.15, 0.2) is 24.3 Å². The summed E-state index contributed by atoms with van der Waals surface area (Å²) in [7, 11) is 1.91. The molecule has 0 spiro atoms. The van der Waals surface area contributed by atoms with Crippen molar-refractivity contribution in [3.05, 3.63) is 35.4 Å². The van der Waals surface area contributed by atoms with Crippen LogP contribution in [-0.4, -0.2) is 40.8 Å². The molecule has 0 heterocycles. The fourth-order valence-electron chi connectivity index (χ4n) is 1.85. The highest BCUT2D eigenvalue weighted by atomic mass is 16.4. The minimum Gasteiger partial charge on any atom is -0.481 e. The summed E-state index contributed by atoms with van der Waals surface area (Å²) in [5.41, 5.74) is 1.83. The number of carboxylic acid groups (broad SMARTS) is 1. The van der Waals surface area contributed by atoms with Gasteiger partial charge in [0, 0.05) is 13.1 Å². The van der Waals surface area contributed by atoms with Gasteiger partial charge in [-0.2, -0.15) is 0 Å². The summed E-state index contributed by atoms with van der Waals surface area (Å²) in [5, 5.41) is 18.1. The molecule has 4 heteroatoms. The molecule has 0 radical (unpaired) electrons. The summed E-state index contributed by atoms with van der Waals surface area (Å²) < 4.78 is 0. The first kappa shape index (κ1) is 13.7. The second-order valence-corrected chi connectivity index (χ2v) is 4.38. The summed E-state index contributed by atoms with van der Waals surface area (Å²) in [5.74, 6) is -0.823. The van der Waals surface area contributed by atoms with Crippen LogP contribution in [-0.2, 0) is 17.8 Å². The Hall–Kier alpha value is -1.39. The molecule has 0 fully saturated rings. The van der Waals surface area contributed by atoms with Crippen LogP contribution in [0.5, 0.6) is 0 Å². The van der Waals surface area contributed by atoms with E-state index in [4.69, 9.17) is 5.11 Å². The van der Waals surface area contributed by atoms with Gasteiger partial charge >= 0.3 is 5.97 Å². The number of aliphatic hydroxyl groups is 1. The van der Waals surface area contributed by atoms with Gasteiger partial charge in [0.2, 0.25) is 0 Å². The molecule has 2 N–H and O–H groups in total. The molecule has 94 valence electrons. The number of hydrogen-bond acceptors (Lipinski definition) is 3. The van der Waals surface area contributed by atoms with Gasteiger partial charge in [0.15, 0.2) is 0 Å². The Labute approximate surface area is 101 Å². The molecular formula is C13H19NO3. The van der Waals surface area contributed by atoms with Gasteiger partial charge in [0.1, 0.15) is 0 Å². The maximum absolute atomic E-state index is 10.7. The zero-order valence-corrected chi connectivity index (χ0v) is 10.3. The van der Waals surface area contributed by atoms with Crippen molar-refractivity contribution < 1.29 is 15.0 Å². The predicted octanol–water partition coefficient (Wildman–Crippen LogP) is 1.13. The van der Waals surface area contributed by atoms with Crippen LogP contribution >= 0.6 is 0 Å². The molecule has 0 saturated heterocycles. The van der Waals surface area contributed by atoms with Gasteiger partial charge in [0.05, 0.1) is 12.5 Å². The van der Waals surface area contributed by atoms with E-state index < -0.39 is 5.97 Å². The minimum absolute atomic E-state index is 0.0404. The number of benzene rings is 1. The Morgan fingerprint density at radius 1 is 1.35 bits per heavy atom. The monoisotopic (exact) mass is 237 g/mol. The van der Waals surface area contributed by atoms with E-state index >= 15 is 0 Å². The largest absolute Gasteiger partial charge is 0.481 e. The van der Waals surface area contributed by atoms with E-state index in [0.717, 1.165) is 11.1 Å². The molecule has 1 rings (SSSR count). The molecule has 0 saturated carbocycles. The fourth-order valence-corrected chi connectivity index (χ4v) is 1.85. The summed E-state index contributed by atoms with van der Waals surface area (Å²) >= 11 is 0. The lowest BCUT2D eigenvalue weighted by atomic mass is 10.0. The summed E-state index contributed by atoms with van der Waals surface area (Å²) in [4.78, 5) is 12.7. The number of hydrogen-bond donors (Lipinski definition) is 2. The highest BCUT2D eigenvalue weighted by molar-refractivity contribution is 5.70. The smallest absolute Gasteiger partial charge is 0.307 e. The van der Waals surface area contributed by atoms with Crippen LogP contribution in [0.1, 0.15) is 18.1 Å². The van der Waals surface area contributed by atoms with E-state index in [0.29, 0.717) is 13.1 Å². The summed E-state index contributed by atoms with van der Waals surface area (Å²) in [6, 6.07) is 7.50. The third kappa shape index (κ3) is 4.97. The van der Waals surface area contributed by atoms with Crippen LogP contribution in [0, 0.1) is 0 Å². The highest BCUT2D eigenvalue weighted by Crippen LogP contribution is 2.12. The molecule has 0 aliphatic rings. The zero-order chi connectivity index (χ0) is 12.8. The minimum atomic E-state index is -0.823. The van der Waals surface area contributed by atoms with Crippen molar-refractivity contribution in [3.63, 3.8) is 0 Å². The molecule has 1 aromatic rings. The van der Waals surface area contributed by atoms with E-state index in [1.807, 2.05) is 36.2 Å². The second kappa shape index (κ2) is 6.37. The number of nitrogens with zero attached hydrogens (tertiary/aromatic N) is 1. The molecule has 1 atom stereocenters. The predicted molar refractivity (Wildman–Crippen MR) is 65.8 cm³/mol. The first-order valence-corrected chi connectivity index (χ1v) is 5.64. The molecule has 0 aliphatic carbocycles. The maximum Gasteiger partial charge on any atom is 0.307 e. The lowest BCUT2D eigenvalue weighted by molar-refractivity contribution is -0.136. The van der Waals surface area contributed by atoms with Crippen molar-refractivity contribution >= 4 is 5.97 Å². The number of rotatable bonds is 6. The van der Waals surface area contributed by atoms with E-state index in [1.54, 1.807) is 6.92 Å². The van der Waals surface area contributed by atoms with E-state index in [9.17, 15) is 9.90 Å². The molecule has 0 aliphatic heterocycles. The second-order valence-electron chi connectivity index (χ2n) is 4.38. The van der Waals surface area contributed by atoms with Crippen molar-refractivity contribution in [3.8, 4) is 0 Å². The average Bonchev–Trinajstić information content (AvgIpc) is 2.18. The lowest BCUT2D eigenvalue weighted by Gasteiger charge is -2.19. The van der Waals surface area contributed by atoms with Gasteiger partial charge in [-0.05, 0) is 25.1 Å². The van der Waals surface area contributed by atoms with Gasteiger partial charge < -0.3 is 10.2 Å². The van der Waals surface area contributed by atoms with Crippen LogP contribution in [0.4, 0.5) is 0 Å². The van der Waals surface area contributed by atoms with E-state index in [2.05, 4.69) is 0 Å². The van der Waals surface area contributed by atoms with Gasteiger partial charge in [0.25, 0.3) is 0 Å². The molecule has 17 heavy (non-hydrogen) atoms. The SMILES string of the molecule is CC(O)CN(C)Cc1ccccc1CC(=O)O. The van der Waals surface area contributed by atoms with Crippen molar-refractivity contribution in [2.45, 2.75) is 26.0 Å². The van der Waals surface area contributed by atoms with Crippen LogP contribution in [0.2, 0.25) is 0 Å². The van der Waals surface area contributed by atoms with Crippen molar-refractivity contribution in [2.75, 3.05) is 13.6 Å². The Balaban J connectivity index is 2.72. The lowest BCUT2D eigenvalue weighted by Crippen LogP contribution is -2.27. The first-order chi connectivity index (χ1) is 7.99. The standard InChI is InChI=1S/C13H19NO3/c1-10(15)8-14(2)9-12-6-4-3-5-11(12)7-13(16)17/h3-6,10,15H,7-9H2,1-2H3,(H,16,17). The van der Waals surface area contributed by atoms with Crippen LogP contribution < -0.4 is 0 Å². The normalized spacial score (nSPS) is 12.7. The number of carbonyl (C=O) groups is 1. The first-order valence-electron chi connectivity index (χ1n) is 5.64. The highest BCUT2D eigenvalue weighted by Gasteiger charge is 2.09. The Morgan fingerprint density at radius 3 is 2.47 bits per heavy atom. The van der Waals surface area contributed by atoms with Crippen molar-refractivity contribution in [1.82, 2.24) is 4.90 Å². The van der Waals surface area contributed by atoms with Crippen LogP contribution in [0.25, 0.3) is 0 Å². The Kier molecular flexibility index (Phi) is 5.12. The molecule has 0 amide bonds. The average molecular weight is 237 g/mol.